The third-order valence-electron chi connectivity index (χ3n) is 6.49. The second-order valence-electron chi connectivity index (χ2n) is 8.94. The number of rotatable bonds is 11. The van der Waals surface area contributed by atoms with Gasteiger partial charge in [0.25, 0.3) is 0 Å². The number of nitrogens with zero attached hydrogens (tertiary/aromatic N) is 1. The summed E-state index contributed by atoms with van der Waals surface area (Å²) in [6.45, 7) is 11.3. The first kappa shape index (κ1) is 26.7. The van der Waals surface area contributed by atoms with Crippen LogP contribution in [0.15, 0.2) is 54.6 Å². The van der Waals surface area contributed by atoms with Crippen LogP contribution in [0.25, 0.3) is 0 Å². The van der Waals surface area contributed by atoms with E-state index in [1.54, 1.807) is 0 Å². The average Bonchev–Trinajstić information content (AvgIpc) is 2.81. The van der Waals surface area contributed by atoms with E-state index in [1.165, 1.54) is 18.4 Å². The maximum Gasteiger partial charge on any atom is 0.119 e. The largest absolute Gasteiger partial charge is 0.494 e. The molecule has 178 valence electrons. The highest BCUT2D eigenvalue weighted by atomic mass is 35.5. The molecule has 2 aromatic rings. The normalized spacial score (nSPS) is 17.4. The Balaban J connectivity index is 0.00000363. The van der Waals surface area contributed by atoms with Crippen molar-refractivity contribution in [3.63, 3.8) is 0 Å². The molecule has 3 rings (SSSR count). The summed E-state index contributed by atoms with van der Waals surface area (Å²) in [5, 5.41) is 12.2. The highest BCUT2D eigenvalue weighted by Crippen LogP contribution is 2.43. The maximum absolute atomic E-state index is 12.2. The molecule has 1 heterocycles. The molecule has 0 bridgehead atoms. The Kier molecular flexibility index (Phi) is 11.0. The molecule has 2 unspecified atom stereocenters. The summed E-state index contributed by atoms with van der Waals surface area (Å²) in [7, 11) is 0. The maximum atomic E-state index is 12.2. The van der Waals surface area contributed by atoms with Crippen LogP contribution in [0.3, 0.4) is 0 Å². The van der Waals surface area contributed by atoms with Crippen molar-refractivity contribution in [1.29, 1.82) is 0 Å². The van der Waals surface area contributed by atoms with Gasteiger partial charge in [-0.05, 0) is 35.6 Å². The van der Waals surface area contributed by atoms with Gasteiger partial charge in [-0.25, -0.2) is 0 Å². The second kappa shape index (κ2) is 13.2. The molecule has 5 heteroatoms. The molecular formula is C27H40ClNO3. The van der Waals surface area contributed by atoms with E-state index in [2.05, 4.69) is 49.9 Å². The number of unbranched alkanes of at least 4 members (excludes halogenated alkanes) is 2. The van der Waals surface area contributed by atoms with Gasteiger partial charge in [-0.15, -0.1) is 12.4 Å². The van der Waals surface area contributed by atoms with Crippen LogP contribution >= 0.6 is 12.4 Å². The third-order valence-corrected chi connectivity index (χ3v) is 6.49. The predicted octanol–water partition coefficient (Wildman–Crippen LogP) is 5.64. The first-order valence-electron chi connectivity index (χ1n) is 11.9. The zero-order valence-corrected chi connectivity index (χ0v) is 20.7. The minimum absolute atomic E-state index is 0. The molecule has 32 heavy (non-hydrogen) atoms. The Hall–Kier alpha value is -1.59. The highest BCUT2D eigenvalue weighted by Gasteiger charge is 2.43. The number of aliphatic hydroxyl groups is 1. The predicted molar refractivity (Wildman–Crippen MR) is 134 cm³/mol. The monoisotopic (exact) mass is 461 g/mol. The summed E-state index contributed by atoms with van der Waals surface area (Å²) in [5.41, 5.74) is 1.14. The second-order valence-corrected chi connectivity index (χ2v) is 8.94. The van der Waals surface area contributed by atoms with Crippen LogP contribution < -0.4 is 4.74 Å². The van der Waals surface area contributed by atoms with Crippen LogP contribution in [0, 0.1) is 5.92 Å². The van der Waals surface area contributed by atoms with Crippen LogP contribution in [0.4, 0.5) is 0 Å². The molecule has 0 spiro atoms. The lowest BCUT2D eigenvalue weighted by Crippen LogP contribution is -2.47. The first-order chi connectivity index (χ1) is 15.1. The van der Waals surface area contributed by atoms with Gasteiger partial charge in [-0.3, -0.25) is 4.90 Å². The van der Waals surface area contributed by atoms with Gasteiger partial charge in [0.05, 0.1) is 25.4 Å². The van der Waals surface area contributed by atoms with E-state index in [4.69, 9.17) is 9.47 Å². The lowest BCUT2D eigenvalue weighted by molar-refractivity contribution is -0.0547. The van der Waals surface area contributed by atoms with E-state index in [9.17, 15) is 5.11 Å². The van der Waals surface area contributed by atoms with Crippen LogP contribution in [0.5, 0.6) is 5.75 Å². The van der Waals surface area contributed by atoms with Gasteiger partial charge in [0.2, 0.25) is 0 Å². The molecule has 4 nitrogen and oxygen atoms in total. The van der Waals surface area contributed by atoms with Crippen molar-refractivity contribution < 1.29 is 14.6 Å². The molecule has 0 aromatic heterocycles. The lowest BCUT2D eigenvalue weighted by atomic mass is 9.70. The van der Waals surface area contributed by atoms with E-state index in [1.807, 2.05) is 30.3 Å². The molecule has 0 amide bonds. The van der Waals surface area contributed by atoms with Gasteiger partial charge in [0, 0.05) is 25.6 Å². The number of morpholine rings is 1. The number of hydrogen-bond donors (Lipinski definition) is 1. The molecule has 0 aliphatic carbocycles. The SMILES string of the molecule is CCCCCOc1ccc(C(O)(C(C)C)C(CN2CCOCC2)c2ccccc2)cc1.Cl. The summed E-state index contributed by atoms with van der Waals surface area (Å²) >= 11 is 0. The zero-order chi connectivity index (χ0) is 22.1. The van der Waals surface area contributed by atoms with Crippen LogP contribution in [-0.4, -0.2) is 49.5 Å². The third kappa shape index (κ3) is 6.71. The minimum atomic E-state index is -0.986. The summed E-state index contributed by atoms with van der Waals surface area (Å²) in [6, 6.07) is 18.6. The van der Waals surface area contributed by atoms with Gasteiger partial charge in [0.15, 0.2) is 0 Å². The van der Waals surface area contributed by atoms with Gasteiger partial charge < -0.3 is 14.6 Å². The van der Waals surface area contributed by atoms with Gasteiger partial charge in [0.1, 0.15) is 5.75 Å². The lowest BCUT2D eigenvalue weighted by Gasteiger charge is -2.43. The molecule has 1 aliphatic rings. The van der Waals surface area contributed by atoms with E-state index in [0.717, 1.165) is 57.2 Å². The number of benzene rings is 2. The summed E-state index contributed by atoms with van der Waals surface area (Å²) in [4.78, 5) is 2.42. The van der Waals surface area contributed by atoms with Gasteiger partial charge in [-0.2, -0.15) is 0 Å². The standard InChI is InChI=1S/C27H39NO3.ClH/c1-4-5-9-18-31-25-14-12-24(13-15-25)27(29,22(2)3)26(23-10-7-6-8-11-23)21-28-16-19-30-20-17-28;/h6-8,10-15,22,26,29H,4-5,9,16-21H2,1-3H3;1H. The fraction of sp³-hybridized carbons (Fsp3) is 0.556. The molecule has 1 aliphatic heterocycles. The van der Waals surface area contributed by atoms with Crippen molar-refractivity contribution in [3.8, 4) is 5.75 Å². The van der Waals surface area contributed by atoms with Crippen molar-refractivity contribution >= 4 is 12.4 Å². The quantitative estimate of drug-likeness (QED) is 0.440. The molecule has 2 atom stereocenters. The molecule has 1 saturated heterocycles. The molecule has 1 N–H and O–H groups in total. The fourth-order valence-electron chi connectivity index (χ4n) is 4.52. The molecule has 2 aromatic carbocycles. The van der Waals surface area contributed by atoms with Gasteiger partial charge in [-0.1, -0.05) is 76.1 Å². The summed E-state index contributed by atoms with van der Waals surface area (Å²) < 4.78 is 11.4. The van der Waals surface area contributed by atoms with E-state index in [0.29, 0.717) is 0 Å². The van der Waals surface area contributed by atoms with Crippen molar-refractivity contribution in [2.24, 2.45) is 5.92 Å². The van der Waals surface area contributed by atoms with Crippen molar-refractivity contribution in [1.82, 2.24) is 4.90 Å². The molecule has 0 saturated carbocycles. The van der Waals surface area contributed by atoms with E-state index in [-0.39, 0.29) is 24.2 Å². The van der Waals surface area contributed by atoms with E-state index >= 15 is 0 Å². The smallest absolute Gasteiger partial charge is 0.119 e. The summed E-state index contributed by atoms with van der Waals surface area (Å²) in [5.74, 6) is 0.883. The van der Waals surface area contributed by atoms with Gasteiger partial charge >= 0.3 is 0 Å². The molecular weight excluding hydrogens is 422 g/mol. The number of halogens is 1. The highest BCUT2D eigenvalue weighted by molar-refractivity contribution is 5.85. The average molecular weight is 462 g/mol. The Bertz CT molecular complexity index is 762. The van der Waals surface area contributed by atoms with Crippen molar-refractivity contribution in [2.45, 2.75) is 51.6 Å². The first-order valence-corrected chi connectivity index (χ1v) is 11.9. The number of ether oxygens (including phenoxy) is 2. The zero-order valence-electron chi connectivity index (χ0n) is 19.8. The topological polar surface area (TPSA) is 41.9 Å². The Morgan fingerprint density at radius 3 is 2.25 bits per heavy atom. The van der Waals surface area contributed by atoms with E-state index < -0.39 is 5.60 Å². The van der Waals surface area contributed by atoms with Crippen molar-refractivity contribution in [2.75, 3.05) is 39.5 Å². The number of hydrogen-bond acceptors (Lipinski definition) is 4. The van der Waals surface area contributed by atoms with Crippen LogP contribution in [0.1, 0.15) is 57.1 Å². The summed E-state index contributed by atoms with van der Waals surface area (Å²) in [6.07, 6.45) is 3.45. The van der Waals surface area contributed by atoms with Crippen molar-refractivity contribution in [3.05, 3.63) is 65.7 Å². The molecule has 0 radical (unpaired) electrons. The van der Waals surface area contributed by atoms with Crippen LogP contribution in [-0.2, 0) is 10.3 Å². The Morgan fingerprint density at radius 1 is 1.00 bits per heavy atom. The molecule has 1 fully saturated rings. The Morgan fingerprint density at radius 2 is 1.66 bits per heavy atom. The Labute approximate surface area is 200 Å². The minimum Gasteiger partial charge on any atom is -0.494 e. The van der Waals surface area contributed by atoms with Crippen LogP contribution in [0.2, 0.25) is 0 Å². The fourth-order valence-corrected chi connectivity index (χ4v) is 4.52.